The van der Waals surface area contributed by atoms with Crippen molar-refractivity contribution in [1.29, 1.82) is 5.41 Å². The molecule has 4 heteroatoms. The molecule has 0 amide bonds. The van der Waals surface area contributed by atoms with Gasteiger partial charge in [-0.05, 0) is 32.5 Å². The Morgan fingerprint density at radius 2 is 2.12 bits per heavy atom. The Bertz CT molecular complexity index is 396. The summed E-state index contributed by atoms with van der Waals surface area (Å²) in [6.07, 6.45) is 0. The van der Waals surface area contributed by atoms with Gasteiger partial charge in [-0.25, -0.2) is 0 Å². The van der Waals surface area contributed by atoms with Crippen LogP contribution in [0.1, 0.15) is 25.0 Å². The SMILES string of the molecule is CN(Cc1cccc(C(=N)N)c1)CC(C)(C)O. The van der Waals surface area contributed by atoms with Crippen LogP contribution >= 0.6 is 0 Å². The first-order valence-corrected chi connectivity index (χ1v) is 5.62. The fraction of sp³-hybridized carbons (Fsp3) is 0.462. The van der Waals surface area contributed by atoms with Crippen molar-refractivity contribution >= 4 is 5.84 Å². The molecule has 0 atom stereocenters. The normalized spacial score (nSPS) is 11.8. The van der Waals surface area contributed by atoms with Gasteiger partial charge in [0.25, 0.3) is 0 Å². The first-order chi connectivity index (χ1) is 7.78. The third kappa shape index (κ3) is 4.97. The second-order valence-corrected chi connectivity index (χ2v) is 5.10. The van der Waals surface area contributed by atoms with E-state index in [0.29, 0.717) is 6.54 Å². The van der Waals surface area contributed by atoms with Gasteiger partial charge in [0, 0.05) is 18.7 Å². The lowest BCUT2D eigenvalue weighted by Gasteiger charge is -2.25. The predicted octanol–water partition coefficient (Wildman–Crippen LogP) is 1.17. The van der Waals surface area contributed by atoms with Gasteiger partial charge in [-0.1, -0.05) is 18.2 Å². The van der Waals surface area contributed by atoms with Crippen molar-refractivity contribution in [2.45, 2.75) is 26.0 Å². The maximum Gasteiger partial charge on any atom is 0.122 e. The van der Waals surface area contributed by atoms with Gasteiger partial charge in [-0.3, -0.25) is 10.3 Å². The Kier molecular flexibility index (Phi) is 4.26. The lowest BCUT2D eigenvalue weighted by molar-refractivity contribution is 0.0425. The molecule has 1 aromatic carbocycles. The predicted molar refractivity (Wildman–Crippen MR) is 70.1 cm³/mol. The van der Waals surface area contributed by atoms with Crippen LogP contribution in [0.2, 0.25) is 0 Å². The molecule has 4 nitrogen and oxygen atoms in total. The monoisotopic (exact) mass is 235 g/mol. The fourth-order valence-corrected chi connectivity index (χ4v) is 1.87. The zero-order valence-corrected chi connectivity index (χ0v) is 10.7. The van der Waals surface area contributed by atoms with Crippen LogP contribution < -0.4 is 5.73 Å². The summed E-state index contributed by atoms with van der Waals surface area (Å²) in [5, 5.41) is 17.1. The molecule has 0 aliphatic carbocycles. The van der Waals surface area contributed by atoms with E-state index >= 15 is 0 Å². The Morgan fingerprint density at radius 3 is 2.65 bits per heavy atom. The largest absolute Gasteiger partial charge is 0.389 e. The molecule has 0 unspecified atom stereocenters. The van der Waals surface area contributed by atoms with E-state index in [1.54, 1.807) is 13.8 Å². The van der Waals surface area contributed by atoms with E-state index in [9.17, 15) is 5.11 Å². The summed E-state index contributed by atoms with van der Waals surface area (Å²) in [5.41, 5.74) is 6.57. The van der Waals surface area contributed by atoms with Crippen LogP contribution in [0.25, 0.3) is 0 Å². The lowest BCUT2D eigenvalue weighted by Crippen LogP contribution is -2.35. The van der Waals surface area contributed by atoms with E-state index in [1.165, 1.54) is 0 Å². The zero-order chi connectivity index (χ0) is 13.1. The number of nitrogens with zero attached hydrogens (tertiary/aromatic N) is 1. The van der Waals surface area contributed by atoms with Crippen LogP contribution in [0.15, 0.2) is 24.3 Å². The molecule has 0 spiro atoms. The van der Waals surface area contributed by atoms with Gasteiger partial charge in [0.1, 0.15) is 5.84 Å². The zero-order valence-electron chi connectivity index (χ0n) is 10.7. The average Bonchev–Trinajstić information content (AvgIpc) is 2.14. The van der Waals surface area contributed by atoms with Crippen molar-refractivity contribution in [2.75, 3.05) is 13.6 Å². The third-order valence-electron chi connectivity index (χ3n) is 2.35. The molecule has 1 rings (SSSR count). The maximum absolute atomic E-state index is 9.71. The van der Waals surface area contributed by atoms with Gasteiger partial charge in [-0.2, -0.15) is 0 Å². The van der Waals surface area contributed by atoms with Crippen LogP contribution in [-0.2, 0) is 6.54 Å². The summed E-state index contributed by atoms with van der Waals surface area (Å²) in [4.78, 5) is 2.04. The van der Waals surface area contributed by atoms with Crippen LogP contribution in [0.3, 0.4) is 0 Å². The van der Waals surface area contributed by atoms with Crippen molar-refractivity contribution in [3.05, 3.63) is 35.4 Å². The van der Waals surface area contributed by atoms with E-state index in [0.717, 1.165) is 17.7 Å². The molecule has 17 heavy (non-hydrogen) atoms. The van der Waals surface area contributed by atoms with E-state index < -0.39 is 5.60 Å². The van der Waals surface area contributed by atoms with E-state index in [-0.39, 0.29) is 5.84 Å². The number of benzene rings is 1. The van der Waals surface area contributed by atoms with E-state index in [1.807, 2.05) is 36.2 Å². The second kappa shape index (κ2) is 5.29. The molecule has 0 aliphatic rings. The lowest BCUT2D eigenvalue weighted by atomic mass is 10.1. The van der Waals surface area contributed by atoms with Crippen molar-refractivity contribution in [1.82, 2.24) is 4.90 Å². The molecule has 0 bridgehead atoms. The Hall–Kier alpha value is -1.39. The standard InChI is InChI=1S/C13H21N3O/c1-13(2,17)9-16(3)8-10-5-4-6-11(7-10)12(14)15/h4-7,17H,8-9H2,1-3H3,(H3,14,15). The summed E-state index contributed by atoms with van der Waals surface area (Å²) in [5.74, 6) is 0.0805. The molecule has 94 valence electrons. The van der Waals surface area contributed by atoms with Crippen LogP contribution in [0, 0.1) is 5.41 Å². The summed E-state index contributed by atoms with van der Waals surface area (Å²) in [7, 11) is 1.96. The molecule has 0 heterocycles. The molecular formula is C13H21N3O. The maximum atomic E-state index is 9.71. The van der Waals surface area contributed by atoms with Crippen LogP contribution in [0.4, 0.5) is 0 Å². The number of nitrogens with two attached hydrogens (primary N) is 1. The van der Waals surface area contributed by atoms with E-state index in [4.69, 9.17) is 11.1 Å². The minimum Gasteiger partial charge on any atom is -0.389 e. The summed E-state index contributed by atoms with van der Waals surface area (Å²) < 4.78 is 0. The molecular weight excluding hydrogens is 214 g/mol. The first-order valence-electron chi connectivity index (χ1n) is 5.62. The molecule has 0 aliphatic heterocycles. The Morgan fingerprint density at radius 1 is 1.47 bits per heavy atom. The Labute approximate surface area is 103 Å². The van der Waals surface area contributed by atoms with Crippen molar-refractivity contribution < 1.29 is 5.11 Å². The highest BCUT2D eigenvalue weighted by molar-refractivity contribution is 5.95. The number of nitrogen functional groups attached to an aromatic ring is 1. The average molecular weight is 235 g/mol. The molecule has 0 fully saturated rings. The quantitative estimate of drug-likeness (QED) is 0.530. The van der Waals surface area contributed by atoms with E-state index in [2.05, 4.69) is 0 Å². The minimum atomic E-state index is -0.701. The number of hydrogen-bond donors (Lipinski definition) is 3. The highest BCUT2D eigenvalue weighted by Gasteiger charge is 2.15. The van der Waals surface area contributed by atoms with Gasteiger partial charge in [0.2, 0.25) is 0 Å². The molecule has 0 saturated heterocycles. The molecule has 1 aromatic rings. The fourth-order valence-electron chi connectivity index (χ4n) is 1.87. The number of amidine groups is 1. The van der Waals surface area contributed by atoms with Crippen molar-refractivity contribution in [3.63, 3.8) is 0 Å². The number of rotatable bonds is 5. The summed E-state index contributed by atoms with van der Waals surface area (Å²) in [6.45, 7) is 4.90. The highest BCUT2D eigenvalue weighted by Crippen LogP contribution is 2.10. The van der Waals surface area contributed by atoms with Gasteiger partial charge in [0.15, 0.2) is 0 Å². The van der Waals surface area contributed by atoms with Crippen molar-refractivity contribution in [3.8, 4) is 0 Å². The summed E-state index contributed by atoms with van der Waals surface area (Å²) >= 11 is 0. The van der Waals surface area contributed by atoms with Gasteiger partial charge >= 0.3 is 0 Å². The molecule has 0 aromatic heterocycles. The highest BCUT2D eigenvalue weighted by atomic mass is 16.3. The number of aliphatic hydroxyl groups is 1. The van der Waals surface area contributed by atoms with Crippen LogP contribution in [-0.4, -0.2) is 35.0 Å². The second-order valence-electron chi connectivity index (χ2n) is 5.10. The van der Waals surface area contributed by atoms with Gasteiger partial charge in [0.05, 0.1) is 5.60 Å². The number of likely N-dealkylation sites (N-methyl/N-ethyl adjacent to an activating group) is 1. The molecule has 4 N–H and O–H groups in total. The number of nitrogens with one attached hydrogen (secondary N) is 1. The summed E-state index contributed by atoms with van der Waals surface area (Å²) in [6, 6.07) is 7.61. The van der Waals surface area contributed by atoms with Crippen LogP contribution in [0.5, 0.6) is 0 Å². The third-order valence-corrected chi connectivity index (χ3v) is 2.35. The molecule has 0 radical (unpaired) electrons. The molecule has 0 saturated carbocycles. The first kappa shape index (κ1) is 13.7. The topological polar surface area (TPSA) is 73.3 Å². The number of hydrogen-bond acceptors (Lipinski definition) is 3. The smallest absolute Gasteiger partial charge is 0.122 e. The minimum absolute atomic E-state index is 0.0805. The Balaban J connectivity index is 2.68. The van der Waals surface area contributed by atoms with Crippen molar-refractivity contribution in [2.24, 2.45) is 5.73 Å². The van der Waals surface area contributed by atoms with Gasteiger partial charge in [-0.15, -0.1) is 0 Å². The van der Waals surface area contributed by atoms with Gasteiger partial charge < -0.3 is 10.8 Å².